The van der Waals surface area contributed by atoms with Gasteiger partial charge in [-0.05, 0) is 25.7 Å². The van der Waals surface area contributed by atoms with Crippen molar-refractivity contribution in [3.05, 3.63) is 0 Å². The Labute approximate surface area is 93.9 Å². The molecule has 0 saturated heterocycles. The third-order valence-electron chi connectivity index (χ3n) is 1.21. The van der Waals surface area contributed by atoms with Gasteiger partial charge in [-0.25, -0.2) is 0 Å². The third-order valence-corrected chi connectivity index (χ3v) is 6.82. The first-order valence-corrected chi connectivity index (χ1v) is 8.63. The predicted molar refractivity (Wildman–Crippen MR) is 63.1 cm³/mol. The zero-order valence-corrected chi connectivity index (χ0v) is 10.9. The Hall–Kier alpha value is 0.840. The first kappa shape index (κ1) is 14.8. The van der Waals surface area contributed by atoms with E-state index in [1.165, 1.54) is 11.4 Å². The van der Waals surface area contributed by atoms with Crippen LogP contribution >= 0.6 is 17.1 Å². The molecule has 2 N–H and O–H groups in total. The second-order valence-electron chi connectivity index (χ2n) is 2.41. The van der Waals surface area contributed by atoms with E-state index >= 15 is 0 Å². The minimum atomic E-state index is -2.31. The Kier molecular flexibility index (Phi) is 8.53. The van der Waals surface area contributed by atoms with Crippen LogP contribution in [0.4, 0.5) is 0 Å². The fraction of sp³-hybridized carbons (Fsp3) is 1.00. The normalized spacial score (nSPS) is 14.3. The SMILES string of the molecule is CCOP(=S)(OCC)SC[C@H](O)CO. The van der Waals surface area contributed by atoms with E-state index in [0.717, 1.165) is 0 Å². The van der Waals surface area contributed by atoms with Gasteiger partial charge in [0.2, 0.25) is 5.69 Å². The van der Waals surface area contributed by atoms with Crippen LogP contribution in [0.1, 0.15) is 13.8 Å². The van der Waals surface area contributed by atoms with Crippen LogP contribution in [0, 0.1) is 0 Å². The molecule has 0 rings (SSSR count). The number of aliphatic hydroxyl groups excluding tert-OH is 2. The molecule has 7 heteroatoms. The van der Waals surface area contributed by atoms with Gasteiger partial charge >= 0.3 is 0 Å². The highest BCUT2D eigenvalue weighted by molar-refractivity contribution is 8.67. The van der Waals surface area contributed by atoms with Crippen molar-refractivity contribution >= 4 is 28.9 Å². The van der Waals surface area contributed by atoms with Gasteiger partial charge in [-0.2, -0.15) is 0 Å². The van der Waals surface area contributed by atoms with Gasteiger partial charge in [-0.1, -0.05) is 11.4 Å². The molecule has 1 atom stereocenters. The van der Waals surface area contributed by atoms with Crippen LogP contribution in [0.5, 0.6) is 0 Å². The van der Waals surface area contributed by atoms with Gasteiger partial charge in [0, 0.05) is 5.75 Å². The Bertz CT molecular complexity index is 181. The lowest BCUT2D eigenvalue weighted by molar-refractivity contribution is 0.113. The molecule has 0 aromatic carbocycles. The van der Waals surface area contributed by atoms with Crippen molar-refractivity contribution in [1.29, 1.82) is 0 Å². The molecule has 14 heavy (non-hydrogen) atoms. The molecule has 0 fully saturated rings. The second kappa shape index (κ2) is 8.05. The monoisotopic (exact) mass is 260 g/mol. The minimum Gasteiger partial charge on any atom is -0.394 e. The van der Waals surface area contributed by atoms with E-state index < -0.39 is 11.8 Å². The highest BCUT2D eigenvalue weighted by Crippen LogP contribution is 2.60. The molecule has 0 radical (unpaired) electrons. The van der Waals surface area contributed by atoms with Crippen molar-refractivity contribution in [2.24, 2.45) is 0 Å². The van der Waals surface area contributed by atoms with Gasteiger partial charge < -0.3 is 19.3 Å². The molecule has 0 spiro atoms. The summed E-state index contributed by atoms with van der Waals surface area (Å²) in [5.74, 6) is 0.341. The van der Waals surface area contributed by atoms with Crippen molar-refractivity contribution < 1.29 is 19.3 Å². The molecule has 0 saturated carbocycles. The topological polar surface area (TPSA) is 58.9 Å². The van der Waals surface area contributed by atoms with Crippen LogP contribution in [0.25, 0.3) is 0 Å². The lowest BCUT2D eigenvalue weighted by Crippen LogP contribution is -2.14. The summed E-state index contributed by atoms with van der Waals surface area (Å²) >= 11 is 6.48. The summed E-state index contributed by atoms with van der Waals surface area (Å²) in [7, 11) is 0. The van der Waals surface area contributed by atoms with E-state index in [0.29, 0.717) is 19.0 Å². The Morgan fingerprint density at radius 2 is 1.86 bits per heavy atom. The second-order valence-corrected chi connectivity index (χ2v) is 8.77. The average Bonchev–Trinajstić information content (AvgIpc) is 2.15. The number of aliphatic hydroxyl groups is 2. The fourth-order valence-corrected chi connectivity index (χ4v) is 5.30. The van der Waals surface area contributed by atoms with Crippen LogP contribution < -0.4 is 0 Å². The van der Waals surface area contributed by atoms with Crippen LogP contribution in [0.15, 0.2) is 0 Å². The molecule has 4 nitrogen and oxygen atoms in total. The summed E-state index contributed by atoms with van der Waals surface area (Å²) in [5, 5.41) is 17.8. The summed E-state index contributed by atoms with van der Waals surface area (Å²) < 4.78 is 10.7. The quantitative estimate of drug-likeness (QED) is 0.643. The first-order valence-electron chi connectivity index (χ1n) is 4.40. The van der Waals surface area contributed by atoms with Crippen LogP contribution in [0.3, 0.4) is 0 Å². The zero-order chi connectivity index (χ0) is 11.0. The molecular weight excluding hydrogens is 243 g/mol. The molecule has 0 amide bonds. The Balaban J connectivity index is 4.02. The van der Waals surface area contributed by atoms with E-state index in [1.54, 1.807) is 0 Å². The first-order chi connectivity index (χ1) is 6.58. The van der Waals surface area contributed by atoms with Gasteiger partial charge in [0.05, 0.1) is 25.9 Å². The molecule has 0 aliphatic carbocycles. The van der Waals surface area contributed by atoms with Gasteiger partial charge in [-0.3, -0.25) is 0 Å². The summed E-state index contributed by atoms with van der Waals surface area (Å²) in [6, 6.07) is 0. The largest absolute Gasteiger partial charge is 0.394 e. The molecule has 0 heterocycles. The standard InChI is InChI=1S/C7H17O4PS2/c1-3-10-12(13,11-4-2)14-6-7(9)5-8/h7-9H,3-6H2,1-2H3/t7-/m1/s1. The van der Waals surface area contributed by atoms with Gasteiger partial charge in [0.25, 0.3) is 0 Å². The van der Waals surface area contributed by atoms with Crippen molar-refractivity contribution in [3.8, 4) is 0 Å². The molecule has 0 aliphatic rings. The number of hydrogen-bond acceptors (Lipinski definition) is 6. The van der Waals surface area contributed by atoms with Crippen LogP contribution in [-0.2, 0) is 20.9 Å². The predicted octanol–water partition coefficient (Wildman–Crippen LogP) is 1.37. The Morgan fingerprint density at radius 3 is 2.21 bits per heavy atom. The summed E-state index contributed by atoms with van der Waals surface area (Å²) in [5.41, 5.74) is -2.31. The molecule has 0 aromatic heterocycles. The third kappa shape index (κ3) is 6.35. The molecule has 0 bridgehead atoms. The highest BCUT2D eigenvalue weighted by Gasteiger charge is 2.20. The molecule has 0 aliphatic heterocycles. The van der Waals surface area contributed by atoms with E-state index in [1.807, 2.05) is 13.8 Å². The fourth-order valence-electron chi connectivity index (χ4n) is 0.658. The van der Waals surface area contributed by atoms with Crippen molar-refractivity contribution in [2.45, 2.75) is 20.0 Å². The maximum absolute atomic E-state index is 9.15. The Morgan fingerprint density at radius 1 is 1.36 bits per heavy atom. The smallest absolute Gasteiger partial charge is 0.247 e. The van der Waals surface area contributed by atoms with Crippen molar-refractivity contribution in [1.82, 2.24) is 0 Å². The van der Waals surface area contributed by atoms with Crippen molar-refractivity contribution in [3.63, 3.8) is 0 Å². The number of rotatable bonds is 8. The van der Waals surface area contributed by atoms with E-state index in [2.05, 4.69) is 0 Å². The maximum Gasteiger partial charge on any atom is 0.247 e. The lowest BCUT2D eigenvalue weighted by atomic mass is 10.4. The van der Waals surface area contributed by atoms with Gasteiger partial charge in [0.15, 0.2) is 0 Å². The van der Waals surface area contributed by atoms with Gasteiger partial charge in [-0.15, -0.1) is 0 Å². The van der Waals surface area contributed by atoms with E-state index in [4.69, 9.17) is 31.1 Å². The van der Waals surface area contributed by atoms with Crippen LogP contribution in [0.2, 0.25) is 0 Å². The zero-order valence-electron chi connectivity index (χ0n) is 8.38. The lowest BCUT2D eigenvalue weighted by Gasteiger charge is -2.20. The summed E-state index contributed by atoms with van der Waals surface area (Å²) in [6.45, 7) is 4.44. The minimum absolute atomic E-state index is 0.263. The van der Waals surface area contributed by atoms with Crippen molar-refractivity contribution in [2.75, 3.05) is 25.6 Å². The average molecular weight is 260 g/mol. The molecule has 0 aromatic rings. The van der Waals surface area contributed by atoms with E-state index in [-0.39, 0.29) is 6.61 Å². The molecule has 0 unspecified atom stereocenters. The summed E-state index contributed by atoms with van der Waals surface area (Å²) in [4.78, 5) is 0. The van der Waals surface area contributed by atoms with Crippen LogP contribution in [-0.4, -0.2) is 41.9 Å². The molecular formula is C7H17O4PS2. The van der Waals surface area contributed by atoms with E-state index in [9.17, 15) is 0 Å². The highest BCUT2D eigenvalue weighted by atomic mass is 32.9. The summed E-state index contributed by atoms with van der Waals surface area (Å²) in [6.07, 6.45) is -0.761. The molecule has 86 valence electrons. The number of hydrogen-bond donors (Lipinski definition) is 2. The van der Waals surface area contributed by atoms with Gasteiger partial charge in [0.1, 0.15) is 0 Å². The maximum atomic E-state index is 9.15.